The van der Waals surface area contributed by atoms with E-state index in [-0.39, 0.29) is 29.8 Å². The molecule has 0 spiro atoms. The van der Waals surface area contributed by atoms with Gasteiger partial charge in [0, 0.05) is 51.2 Å². The van der Waals surface area contributed by atoms with Crippen LogP contribution < -0.4 is 14.8 Å². The van der Waals surface area contributed by atoms with Crippen molar-refractivity contribution in [2.24, 2.45) is 4.99 Å². The number of guanidine groups is 1. The lowest BCUT2D eigenvalue weighted by Gasteiger charge is -2.23. The number of nitrogens with one attached hydrogen (secondary N) is 1. The summed E-state index contributed by atoms with van der Waals surface area (Å²) in [5.74, 6) is 1.86. The second kappa shape index (κ2) is 11.5. The maximum absolute atomic E-state index is 14.5. The van der Waals surface area contributed by atoms with E-state index < -0.39 is 0 Å². The number of rotatable bonds is 7. The van der Waals surface area contributed by atoms with Gasteiger partial charge in [0.15, 0.2) is 5.96 Å². The number of halogens is 2. The minimum Gasteiger partial charge on any atom is -0.497 e. The third-order valence-electron chi connectivity index (χ3n) is 4.72. The van der Waals surface area contributed by atoms with Crippen molar-refractivity contribution in [2.45, 2.75) is 13.1 Å². The Kier molecular flexibility index (Phi) is 9.10. The number of hydrogen-bond donors (Lipinski definition) is 1. The highest BCUT2D eigenvalue weighted by molar-refractivity contribution is 14.0. The van der Waals surface area contributed by atoms with Gasteiger partial charge in [-0.05, 0) is 29.8 Å². The van der Waals surface area contributed by atoms with Crippen molar-refractivity contribution < 1.29 is 13.9 Å². The summed E-state index contributed by atoms with van der Waals surface area (Å²) in [5, 5.41) is 3.27. The molecule has 31 heavy (non-hydrogen) atoms. The maximum Gasteiger partial charge on any atom is 0.193 e. The average molecular weight is 539 g/mol. The fourth-order valence-corrected chi connectivity index (χ4v) is 3.15. The molecule has 0 aliphatic carbocycles. The molecule has 1 N–H and O–H groups in total. The van der Waals surface area contributed by atoms with Crippen LogP contribution in [0.2, 0.25) is 0 Å². The van der Waals surface area contributed by atoms with E-state index in [1.165, 1.54) is 6.07 Å². The molecule has 3 aromatic rings. The number of ether oxygens (including phenoxy) is 2. The number of nitrogens with zero attached hydrogens (tertiary/aromatic N) is 4. The summed E-state index contributed by atoms with van der Waals surface area (Å²) in [4.78, 5) is 10.3. The third-order valence-corrected chi connectivity index (χ3v) is 4.72. The quantitative estimate of drug-likeness (QED) is 0.281. The lowest BCUT2D eigenvalue weighted by Crippen LogP contribution is -2.38. The molecule has 0 aliphatic rings. The molecular weight excluding hydrogens is 512 g/mol. The predicted molar refractivity (Wildman–Crippen MR) is 130 cm³/mol. The topological polar surface area (TPSA) is 63.9 Å². The van der Waals surface area contributed by atoms with Gasteiger partial charge in [-0.2, -0.15) is 0 Å². The van der Waals surface area contributed by atoms with Gasteiger partial charge in [-0.25, -0.2) is 9.37 Å². The molecule has 7 nitrogen and oxygen atoms in total. The molecule has 1 aromatic heterocycles. The standard InChI is InChI=1S/C22H26FN5O2.HI/c1-24-22(27(2)14-17-6-7-18(29-3)12-21(17)30-4)26-13-16-5-8-20(19(23)11-16)28-10-9-25-15-28;/h5-12,15H,13-14H2,1-4H3,(H,24,26);1H. The van der Waals surface area contributed by atoms with Crippen molar-refractivity contribution in [3.05, 3.63) is 72.1 Å². The Morgan fingerprint density at radius 1 is 1.19 bits per heavy atom. The van der Waals surface area contributed by atoms with Crippen LogP contribution >= 0.6 is 24.0 Å². The summed E-state index contributed by atoms with van der Waals surface area (Å²) in [7, 11) is 6.90. The van der Waals surface area contributed by atoms with Crippen molar-refractivity contribution in [1.82, 2.24) is 19.8 Å². The van der Waals surface area contributed by atoms with Crippen molar-refractivity contribution in [2.75, 3.05) is 28.3 Å². The zero-order valence-corrected chi connectivity index (χ0v) is 20.3. The molecule has 0 aliphatic heterocycles. The van der Waals surface area contributed by atoms with Gasteiger partial charge in [-0.3, -0.25) is 4.99 Å². The van der Waals surface area contributed by atoms with Gasteiger partial charge in [0.25, 0.3) is 0 Å². The van der Waals surface area contributed by atoms with E-state index in [2.05, 4.69) is 15.3 Å². The lowest BCUT2D eigenvalue weighted by atomic mass is 10.1. The maximum atomic E-state index is 14.5. The normalized spacial score (nSPS) is 10.9. The number of imidazole rings is 1. The molecule has 0 unspecified atom stereocenters. The van der Waals surface area contributed by atoms with E-state index in [4.69, 9.17) is 9.47 Å². The van der Waals surface area contributed by atoms with E-state index in [9.17, 15) is 4.39 Å². The first-order chi connectivity index (χ1) is 14.5. The van der Waals surface area contributed by atoms with Crippen LogP contribution in [0.15, 0.2) is 60.1 Å². The van der Waals surface area contributed by atoms with Gasteiger partial charge < -0.3 is 24.3 Å². The van der Waals surface area contributed by atoms with Crippen molar-refractivity contribution >= 4 is 29.9 Å². The molecule has 0 saturated heterocycles. The van der Waals surface area contributed by atoms with Gasteiger partial charge >= 0.3 is 0 Å². The molecule has 0 amide bonds. The van der Waals surface area contributed by atoms with Crippen LogP contribution in [0.4, 0.5) is 4.39 Å². The predicted octanol–water partition coefficient (Wildman–Crippen LogP) is 3.85. The van der Waals surface area contributed by atoms with E-state index >= 15 is 0 Å². The summed E-state index contributed by atoms with van der Waals surface area (Å²) in [6.07, 6.45) is 4.90. The number of hydrogen-bond acceptors (Lipinski definition) is 4. The highest BCUT2D eigenvalue weighted by atomic mass is 127. The second-order valence-corrected chi connectivity index (χ2v) is 6.69. The summed E-state index contributed by atoms with van der Waals surface area (Å²) >= 11 is 0. The molecule has 0 radical (unpaired) electrons. The second-order valence-electron chi connectivity index (χ2n) is 6.69. The van der Waals surface area contributed by atoms with Crippen LogP contribution in [0.25, 0.3) is 5.69 Å². The number of methoxy groups -OCH3 is 2. The van der Waals surface area contributed by atoms with Gasteiger partial charge in [0.2, 0.25) is 0 Å². The van der Waals surface area contributed by atoms with Crippen LogP contribution in [0.5, 0.6) is 11.5 Å². The van der Waals surface area contributed by atoms with Crippen molar-refractivity contribution in [1.29, 1.82) is 0 Å². The molecule has 9 heteroatoms. The van der Waals surface area contributed by atoms with E-state index in [0.29, 0.717) is 24.7 Å². The first-order valence-electron chi connectivity index (χ1n) is 9.45. The van der Waals surface area contributed by atoms with Gasteiger partial charge in [0.1, 0.15) is 17.3 Å². The van der Waals surface area contributed by atoms with Crippen LogP contribution in [0, 0.1) is 5.82 Å². The van der Waals surface area contributed by atoms with Crippen LogP contribution in [-0.2, 0) is 13.1 Å². The number of benzene rings is 2. The van der Waals surface area contributed by atoms with Crippen molar-refractivity contribution in [3.63, 3.8) is 0 Å². The fraction of sp³-hybridized carbons (Fsp3) is 0.273. The highest BCUT2D eigenvalue weighted by Crippen LogP contribution is 2.25. The minimum atomic E-state index is -0.307. The van der Waals surface area contributed by atoms with E-state index in [1.54, 1.807) is 50.6 Å². The van der Waals surface area contributed by atoms with E-state index in [1.807, 2.05) is 36.2 Å². The highest BCUT2D eigenvalue weighted by Gasteiger charge is 2.12. The van der Waals surface area contributed by atoms with Gasteiger partial charge in [-0.15, -0.1) is 24.0 Å². The van der Waals surface area contributed by atoms with Crippen molar-refractivity contribution in [3.8, 4) is 17.2 Å². The monoisotopic (exact) mass is 539 g/mol. The molecule has 0 bridgehead atoms. The largest absolute Gasteiger partial charge is 0.497 e. The Bertz CT molecular complexity index is 1010. The molecular formula is C22H27FIN5O2. The van der Waals surface area contributed by atoms with Crippen LogP contribution in [-0.4, -0.2) is 48.7 Å². The summed E-state index contributed by atoms with van der Waals surface area (Å²) in [6.45, 7) is 1.03. The molecule has 1 heterocycles. The van der Waals surface area contributed by atoms with E-state index in [0.717, 1.165) is 22.6 Å². The number of aliphatic imine (C=N–C) groups is 1. The summed E-state index contributed by atoms with van der Waals surface area (Å²) in [6, 6.07) is 10.8. The zero-order chi connectivity index (χ0) is 21.5. The molecule has 166 valence electrons. The molecule has 0 atom stereocenters. The lowest BCUT2D eigenvalue weighted by molar-refractivity contribution is 0.382. The Morgan fingerprint density at radius 2 is 2.00 bits per heavy atom. The Balaban J connectivity index is 0.00000341. The summed E-state index contributed by atoms with van der Waals surface area (Å²) in [5.41, 5.74) is 2.27. The SMILES string of the molecule is CN=C(NCc1ccc(-n2ccnc2)c(F)c1)N(C)Cc1ccc(OC)cc1OC.I. The molecule has 0 fully saturated rings. The first-order valence-corrected chi connectivity index (χ1v) is 9.45. The third kappa shape index (κ3) is 6.09. The summed E-state index contributed by atoms with van der Waals surface area (Å²) < 4.78 is 26.8. The Hall–Kier alpha value is -2.82. The van der Waals surface area contributed by atoms with Crippen LogP contribution in [0.3, 0.4) is 0 Å². The minimum absolute atomic E-state index is 0. The van der Waals surface area contributed by atoms with Gasteiger partial charge in [0.05, 0.1) is 26.2 Å². The molecule has 3 rings (SSSR count). The first kappa shape index (κ1) is 24.4. The Labute approximate surface area is 198 Å². The molecule has 2 aromatic carbocycles. The van der Waals surface area contributed by atoms with Gasteiger partial charge in [-0.1, -0.05) is 6.07 Å². The smallest absolute Gasteiger partial charge is 0.193 e. The Morgan fingerprint density at radius 3 is 2.61 bits per heavy atom. The fourth-order valence-electron chi connectivity index (χ4n) is 3.15. The zero-order valence-electron chi connectivity index (χ0n) is 18.0. The number of aromatic nitrogens is 2. The average Bonchev–Trinajstić information content (AvgIpc) is 3.29. The van der Waals surface area contributed by atoms with Crippen LogP contribution in [0.1, 0.15) is 11.1 Å². The molecule has 0 saturated carbocycles.